The molecule has 0 amide bonds. The molecule has 1 aromatic rings. The number of halogens is 7. The average molecular weight is 361 g/mol. The lowest BCUT2D eigenvalue weighted by Gasteiger charge is -2.16. The Morgan fingerprint density at radius 1 is 0.750 bits per heavy atom. The number of hydrogen-bond acceptors (Lipinski definition) is 0. The summed E-state index contributed by atoms with van der Waals surface area (Å²) in [6.45, 7) is 0. The molecule has 16 heavy (non-hydrogen) atoms. The standard InChI is InChI=1S/C9H5Cl7/c10-7(11)4-1-5(8(12)13)3-6(2-4)9(14,15)16/h1-3,7-8H. The molecule has 0 aromatic heterocycles. The Bertz CT molecular complexity index is 340. The second-order valence-electron chi connectivity index (χ2n) is 2.99. The summed E-state index contributed by atoms with van der Waals surface area (Å²) in [4.78, 5) is -1.48. The molecule has 0 heterocycles. The zero-order chi connectivity index (χ0) is 12.5. The molecular formula is C9H5Cl7. The van der Waals surface area contributed by atoms with E-state index in [1.807, 2.05) is 0 Å². The van der Waals surface area contributed by atoms with Gasteiger partial charge in [0.05, 0.1) is 0 Å². The zero-order valence-corrected chi connectivity index (χ0v) is 12.8. The van der Waals surface area contributed by atoms with E-state index in [0.717, 1.165) is 0 Å². The second kappa shape index (κ2) is 5.93. The first-order valence-corrected chi connectivity index (χ1v) is 6.88. The lowest BCUT2D eigenvalue weighted by atomic mass is 10.1. The van der Waals surface area contributed by atoms with Gasteiger partial charge in [0.1, 0.15) is 9.67 Å². The Kier molecular flexibility index (Phi) is 5.67. The molecule has 1 aromatic carbocycles. The molecule has 0 nitrogen and oxygen atoms in total. The monoisotopic (exact) mass is 358 g/mol. The van der Waals surface area contributed by atoms with Crippen molar-refractivity contribution in [2.75, 3.05) is 0 Å². The van der Waals surface area contributed by atoms with Gasteiger partial charge < -0.3 is 0 Å². The summed E-state index contributed by atoms with van der Waals surface area (Å²) in [5.41, 5.74) is 1.57. The molecule has 0 fully saturated rings. The van der Waals surface area contributed by atoms with Gasteiger partial charge in [-0.15, -0.1) is 46.4 Å². The van der Waals surface area contributed by atoms with Gasteiger partial charge in [0.25, 0.3) is 0 Å². The van der Waals surface area contributed by atoms with Gasteiger partial charge in [0.15, 0.2) is 0 Å². The fourth-order valence-corrected chi connectivity index (χ4v) is 1.92. The molecule has 0 atom stereocenters. The fourth-order valence-electron chi connectivity index (χ4n) is 1.09. The quantitative estimate of drug-likeness (QED) is 0.530. The van der Waals surface area contributed by atoms with Crippen LogP contribution in [0.3, 0.4) is 0 Å². The maximum absolute atomic E-state index is 5.77. The van der Waals surface area contributed by atoms with Gasteiger partial charge in [-0.3, -0.25) is 0 Å². The molecule has 0 saturated heterocycles. The van der Waals surface area contributed by atoms with Gasteiger partial charge >= 0.3 is 0 Å². The molecule has 0 saturated carbocycles. The Morgan fingerprint density at radius 2 is 1.12 bits per heavy atom. The summed E-state index contributed by atoms with van der Waals surface area (Å²) < 4.78 is -1.57. The van der Waals surface area contributed by atoms with Crippen LogP contribution in [-0.4, -0.2) is 0 Å². The van der Waals surface area contributed by atoms with E-state index in [9.17, 15) is 0 Å². The Morgan fingerprint density at radius 3 is 1.38 bits per heavy atom. The minimum atomic E-state index is -1.57. The smallest absolute Gasteiger partial charge is 0.100 e. The summed E-state index contributed by atoms with van der Waals surface area (Å²) in [6, 6.07) is 4.85. The van der Waals surface area contributed by atoms with Crippen LogP contribution in [0.4, 0.5) is 0 Å². The molecule has 7 heteroatoms. The number of rotatable bonds is 2. The van der Waals surface area contributed by atoms with Gasteiger partial charge in [-0.1, -0.05) is 40.9 Å². The zero-order valence-electron chi connectivity index (χ0n) is 7.53. The maximum atomic E-state index is 5.77. The number of alkyl halides is 7. The molecule has 0 radical (unpaired) electrons. The van der Waals surface area contributed by atoms with Crippen molar-refractivity contribution >= 4 is 81.2 Å². The summed E-state index contributed by atoms with van der Waals surface area (Å²) in [5, 5.41) is 0. The molecule has 0 N–H and O–H groups in total. The van der Waals surface area contributed by atoms with Gasteiger partial charge in [-0.2, -0.15) is 0 Å². The molecule has 0 aliphatic heterocycles. The van der Waals surface area contributed by atoms with Crippen LogP contribution in [0.1, 0.15) is 26.4 Å². The first-order valence-electron chi connectivity index (χ1n) is 4.00. The van der Waals surface area contributed by atoms with E-state index < -0.39 is 13.5 Å². The van der Waals surface area contributed by atoms with Crippen molar-refractivity contribution in [2.45, 2.75) is 13.5 Å². The van der Waals surface area contributed by atoms with Crippen LogP contribution in [0.5, 0.6) is 0 Å². The molecule has 0 spiro atoms. The molecule has 90 valence electrons. The normalized spacial score (nSPS) is 12.6. The van der Waals surface area contributed by atoms with Crippen molar-refractivity contribution in [1.82, 2.24) is 0 Å². The predicted octanol–water partition coefficient (Wildman–Crippen LogP) is 6.47. The van der Waals surface area contributed by atoms with Crippen LogP contribution in [-0.2, 0) is 3.79 Å². The van der Waals surface area contributed by atoms with Crippen LogP contribution >= 0.6 is 81.2 Å². The van der Waals surface area contributed by atoms with Crippen molar-refractivity contribution in [2.24, 2.45) is 0 Å². The minimum absolute atomic E-state index is 0.419. The van der Waals surface area contributed by atoms with E-state index in [-0.39, 0.29) is 0 Å². The molecular weight excluding hydrogens is 356 g/mol. The second-order valence-corrected chi connectivity index (χ2v) is 7.46. The summed E-state index contributed by atoms with van der Waals surface area (Å²) in [6.07, 6.45) is 0. The molecule has 0 aliphatic carbocycles. The SMILES string of the molecule is ClC(Cl)c1cc(C(Cl)Cl)cc(C(Cl)(Cl)Cl)c1. The highest BCUT2D eigenvalue weighted by Crippen LogP contribution is 2.42. The van der Waals surface area contributed by atoms with Crippen LogP contribution in [0.25, 0.3) is 0 Å². The van der Waals surface area contributed by atoms with Crippen LogP contribution in [0.15, 0.2) is 18.2 Å². The summed E-state index contributed by atoms with van der Waals surface area (Å²) in [7, 11) is 0. The van der Waals surface area contributed by atoms with E-state index in [2.05, 4.69) is 0 Å². The number of benzene rings is 1. The first-order chi connectivity index (χ1) is 7.21. The van der Waals surface area contributed by atoms with Crippen molar-refractivity contribution in [3.63, 3.8) is 0 Å². The molecule has 0 unspecified atom stereocenters. The highest BCUT2D eigenvalue weighted by atomic mass is 35.6. The Hall–Kier alpha value is 1.25. The number of hydrogen-bond donors (Lipinski definition) is 0. The van der Waals surface area contributed by atoms with Crippen molar-refractivity contribution in [3.8, 4) is 0 Å². The van der Waals surface area contributed by atoms with E-state index in [0.29, 0.717) is 16.7 Å². The van der Waals surface area contributed by atoms with Gasteiger partial charge in [-0.05, 0) is 23.3 Å². The maximum Gasteiger partial charge on any atom is 0.216 e. The molecule has 0 bridgehead atoms. The summed E-state index contributed by atoms with van der Waals surface area (Å²) in [5.74, 6) is 0. The third-order valence-corrected chi connectivity index (χ3v) is 3.47. The van der Waals surface area contributed by atoms with Gasteiger partial charge in [-0.25, -0.2) is 0 Å². The van der Waals surface area contributed by atoms with Crippen molar-refractivity contribution in [3.05, 3.63) is 34.9 Å². The van der Waals surface area contributed by atoms with E-state index in [4.69, 9.17) is 81.2 Å². The van der Waals surface area contributed by atoms with Crippen LogP contribution < -0.4 is 0 Å². The van der Waals surface area contributed by atoms with Crippen LogP contribution in [0, 0.1) is 0 Å². The highest BCUT2D eigenvalue weighted by molar-refractivity contribution is 6.66. The average Bonchev–Trinajstić information content (AvgIpc) is 2.15. The van der Waals surface area contributed by atoms with Gasteiger partial charge in [0.2, 0.25) is 3.79 Å². The lowest BCUT2D eigenvalue weighted by Crippen LogP contribution is -2.03. The third-order valence-electron chi connectivity index (χ3n) is 1.81. The topological polar surface area (TPSA) is 0 Å². The van der Waals surface area contributed by atoms with Crippen molar-refractivity contribution in [1.29, 1.82) is 0 Å². The lowest BCUT2D eigenvalue weighted by molar-refractivity contribution is 1.17. The van der Waals surface area contributed by atoms with Crippen LogP contribution in [0.2, 0.25) is 0 Å². The van der Waals surface area contributed by atoms with E-state index in [1.54, 1.807) is 18.2 Å². The minimum Gasteiger partial charge on any atom is -0.100 e. The summed E-state index contributed by atoms with van der Waals surface area (Å²) >= 11 is 40.3. The Balaban J connectivity index is 3.30. The van der Waals surface area contributed by atoms with Gasteiger partial charge in [0, 0.05) is 5.56 Å². The fraction of sp³-hybridized carbons (Fsp3) is 0.333. The third kappa shape index (κ3) is 4.17. The van der Waals surface area contributed by atoms with E-state index >= 15 is 0 Å². The molecule has 0 aliphatic rings. The van der Waals surface area contributed by atoms with Crippen molar-refractivity contribution < 1.29 is 0 Å². The molecule has 1 rings (SSSR count). The predicted molar refractivity (Wildman–Crippen MR) is 74.6 cm³/mol. The highest BCUT2D eigenvalue weighted by Gasteiger charge is 2.25. The first kappa shape index (κ1) is 15.3. The Labute approximate surface area is 129 Å². The van der Waals surface area contributed by atoms with E-state index in [1.165, 1.54) is 0 Å². The largest absolute Gasteiger partial charge is 0.216 e.